The van der Waals surface area contributed by atoms with Crippen LogP contribution in [0.15, 0.2) is 24.3 Å². The Morgan fingerprint density at radius 1 is 1.50 bits per heavy atom. The van der Waals surface area contributed by atoms with E-state index < -0.39 is 5.54 Å². The molecule has 1 atom stereocenters. The van der Waals surface area contributed by atoms with Crippen LogP contribution in [0.2, 0.25) is 0 Å². The van der Waals surface area contributed by atoms with Crippen LogP contribution in [0.1, 0.15) is 25.3 Å². The first-order valence-corrected chi connectivity index (χ1v) is 6.27. The topological polar surface area (TPSA) is 32.3 Å². The van der Waals surface area contributed by atoms with E-state index in [-0.39, 0.29) is 11.7 Å². The Morgan fingerprint density at radius 3 is 2.83 bits per heavy atom. The zero-order chi connectivity index (χ0) is 13.2. The Labute approximate surface area is 107 Å². The summed E-state index contributed by atoms with van der Waals surface area (Å²) in [6.07, 6.45) is 1.85. The molecule has 0 radical (unpaired) electrons. The van der Waals surface area contributed by atoms with Crippen LogP contribution in [0, 0.1) is 5.82 Å². The van der Waals surface area contributed by atoms with E-state index in [1.165, 1.54) is 6.07 Å². The van der Waals surface area contributed by atoms with E-state index in [2.05, 4.69) is 5.32 Å². The van der Waals surface area contributed by atoms with Crippen molar-refractivity contribution in [3.05, 3.63) is 35.6 Å². The lowest BCUT2D eigenvalue weighted by Gasteiger charge is -2.29. The first-order valence-electron chi connectivity index (χ1n) is 6.27. The summed E-state index contributed by atoms with van der Waals surface area (Å²) in [5.41, 5.74) is 0.0648. The Bertz CT molecular complexity index is 441. The molecule has 1 aliphatic heterocycles. The highest BCUT2D eigenvalue weighted by atomic mass is 19.1. The van der Waals surface area contributed by atoms with Crippen molar-refractivity contribution in [2.75, 3.05) is 13.6 Å². The monoisotopic (exact) mass is 250 g/mol. The number of nitrogens with zero attached hydrogens (tertiary/aromatic N) is 1. The number of hydrogen-bond acceptors (Lipinski definition) is 2. The van der Waals surface area contributed by atoms with Crippen molar-refractivity contribution >= 4 is 5.91 Å². The number of benzene rings is 1. The van der Waals surface area contributed by atoms with Gasteiger partial charge < -0.3 is 10.2 Å². The molecular weight excluding hydrogens is 231 g/mol. The molecule has 3 nitrogen and oxygen atoms in total. The summed E-state index contributed by atoms with van der Waals surface area (Å²) >= 11 is 0. The number of carbonyl (C=O) groups excluding carboxylic acids is 1. The molecular formula is C14H19FN2O. The van der Waals surface area contributed by atoms with Crippen LogP contribution in [0.4, 0.5) is 4.39 Å². The highest BCUT2D eigenvalue weighted by Gasteiger charge is 2.37. The molecule has 4 heteroatoms. The number of amides is 1. The van der Waals surface area contributed by atoms with Gasteiger partial charge in [-0.05, 0) is 32.4 Å². The molecule has 1 amide bonds. The molecule has 1 N–H and O–H groups in total. The number of nitrogens with one attached hydrogen (secondary N) is 1. The number of hydrogen-bond donors (Lipinski definition) is 1. The van der Waals surface area contributed by atoms with E-state index in [1.807, 2.05) is 6.92 Å². The molecule has 1 fully saturated rings. The maximum absolute atomic E-state index is 13.5. The largest absolute Gasteiger partial charge is 0.340 e. The third kappa shape index (κ3) is 2.53. The average molecular weight is 250 g/mol. The molecule has 2 rings (SSSR count). The minimum absolute atomic E-state index is 0.0308. The highest BCUT2D eigenvalue weighted by molar-refractivity contribution is 5.86. The second kappa shape index (κ2) is 5.06. The van der Waals surface area contributed by atoms with Crippen LogP contribution in [0.3, 0.4) is 0 Å². The summed E-state index contributed by atoms with van der Waals surface area (Å²) in [6.45, 7) is 3.10. The Hall–Kier alpha value is -1.42. The maximum atomic E-state index is 13.5. The van der Waals surface area contributed by atoms with Crippen molar-refractivity contribution in [2.24, 2.45) is 0 Å². The summed E-state index contributed by atoms with van der Waals surface area (Å²) in [6, 6.07) is 6.57. The number of carbonyl (C=O) groups is 1. The number of halogens is 1. The van der Waals surface area contributed by atoms with Gasteiger partial charge in [0.25, 0.3) is 0 Å². The van der Waals surface area contributed by atoms with Gasteiger partial charge in [-0.1, -0.05) is 18.2 Å². The minimum Gasteiger partial charge on any atom is -0.340 e. The summed E-state index contributed by atoms with van der Waals surface area (Å²) in [7, 11) is 1.72. The molecule has 1 aromatic carbocycles. The van der Waals surface area contributed by atoms with Crippen LogP contribution < -0.4 is 5.32 Å². The number of likely N-dealkylation sites (N-methyl/N-ethyl adjacent to an activating group) is 1. The maximum Gasteiger partial charge on any atom is 0.242 e. The smallest absolute Gasteiger partial charge is 0.242 e. The Kier molecular flexibility index (Phi) is 3.66. The fraction of sp³-hybridized carbons (Fsp3) is 0.500. The quantitative estimate of drug-likeness (QED) is 0.889. The van der Waals surface area contributed by atoms with Gasteiger partial charge in [-0.25, -0.2) is 4.39 Å². The summed E-state index contributed by atoms with van der Waals surface area (Å²) in [4.78, 5) is 13.9. The van der Waals surface area contributed by atoms with Crippen molar-refractivity contribution in [3.8, 4) is 0 Å². The summed E-state index contributed by atoms with van der Waals surface area (Å²) in [5, 5.41) is 3.23. The van der Waals surface area contributed by atoms with E-state index in [9.17, 15) is 9.18 Å². The normalized spacial score (nSPS) is 23.1. The predicted octanol–water partition coefficient (Wildman–Crippen LogP) is 1.93. The standard InChI is InChI=1S/C14H19FN2O/c1-14(8-5-9-16-14)13(18)17(2)10-11-6-3-4-7-12(11)15/h3-4,6-7,16H,5,8-10H2,1-2H3. The van der Waals surface area contributed by atoms with Crippen LogP contribution in [-0.4, -0.2) is 29.9 Å². The SMILES string of the molecule is CN(Cc1ccccc1F)C(=O)C1(C)CCCN1. The second-order valence-electron chi connectivity index (χ2n) is 5.12. The van der Waals surface area contributed by atoms with Crippen molar-refractivity contribution < 1.29 is 9.18 Å². The first kappa shape index (κ1) is 13.0. The lowest BCUT2D eigenvalue weighted by molar-refractivity contribution is -0.136. The van der Waals surface area contributed by atoms with Gasteiger partial charge in [-0.2, -0.15) is 0 Å². The average Bonchev–Trinajstić information content (AvgIpc) is 2.79. The van der Waals surface area contributed by atoms with E-state index >= 15 is 0 Å². The fourth-order valence-electron chi connectivity index (χ4n) is 2.45. The van der Waals surface area contributed by atoms with Crippen LogP contribution in [-0.2, 0) is 11.3 Å². The van der Waals surface area contributed by atoms with E-state index in [4.69, 9.17) is 0 Å². The Morgan fingerprint density at radius 2 is 2.22 bits per heavy atom. The van der Waals surface area contributed by atoms with Gasteiger partial charge in [0.2, 0.25) is 5.91 Å². The van der Waals surface area contributed by atoms with Crippen LogP contribution >= 0.6 is 0 Å². The first-order chi connectivity index (χ1) is 8.53. The molecule has 0 aromatic heterocycles. The second-order valence-corrected chi connectivity index (χ2v) is 5.12. The van der Waals surface area contributed by atoms with Gasteiger partial charge >= 0.3 is 0 Å². The third-order valence-corrected chi connectivity index (χ3v) is 3.55. The Balaban J connectivity index is 2.06. The number of rotatable bonds is 3. The van der Waals surface area contributed by atoms with Crippen LogP contribution in [0.25, 0.3) is 0 Å². The van der Waals surface area contributed by atoms with Crippen molar-refractivity contribution in [1.82, 2.24) is 10.2 Å². The third-order valence-electron chi connectivity index (χ3n) is 3.55. The van der Waals surface area contributed by atoms with E-state index in [0.29, 0.717) is 12.1 Å². The van der Waals surface area contributed by atoms with Gasteiger partial charge in [-0.15, -0.1) is 0 Å². The molecule has 0 aliphatic carbocycles. The molecule has 1 aromatic rings. The van der Waals surface area contributed by atoms with Gasteiger partial charge in [-0.3, -0.25) is 4.79 Å². The molecule has 1 saturated heterocycles. The highest BCUT2D eigenvalue weighted by Crippen LogP contribution is 2.21. The molecule has 1 unspecified atom stereocenters. The summed E-state index contributed by atoms with van der Waals surface area (Å²) < 4.78 is 13.5. The van der Waals surface area contributed by atoms with Gasteiger partial charge in [0.1, 0.15) is 5.82 Å². The van der Waals surface area contributed by atoms with Gasteiger partial charge in [0, 0.05) is 19.2 Å². The minimum atomic E-state index is -0.486. The van der Waals surface area contributed by atoms with Gasteiger partial charge in [0.05, 0.1) is 5.54 Å². The zero-order valence-electron chi connectivity index (χ0n) is 10.9. The molecule has 1 aliphatic rings. The molecule has 0 spiro atoms. The molecule has 0 saturated carbocycles. The molecule has 1 heterocycles. The predicted molar refractivity (Wildman–Crippen MR) is 68.5 cm³/mol. The van der Waals surface area contributed by atoms with Crippen LogP contribution in [0.5, 0.6) is 0 Å². The lowest BCUT2D eigenvalue weighted by Crippen LogP contribution is -2.51. The van der Waals surface area contributed by atoms with Gasteiger partial charge in [0.15, 0.2) is 0 Å². The van der Waals surface area contributed by atoms with E-state index in [1.54, 1.807) is 30.1 Å². The van der Waals surface area contributed by atoms with Crippen molar-refractivity contribution in [1.29, 1.82) is 0 Å². The molecule has 0 bridgehead atoms. The molecule has 98 valence electrons. The molecule has 18 heavy (non-hydrogen) atoms. The fourth-order valence-corrected chi connectivity index (χ4v) is 2.45. The summed E-state index contributed by atoms with van der Waals surface area (Å²) in [5.74, 6) is -0.232. The lowest BCUT2D eigenvalue weighted by atomic mass is 9.98. The zero-order valence-corrected chi connectivity index (χ0v) is 10.9. The van der Waals surface area contributed by atoms with Crippen molar-refractivity contribution in [3.63, 3.8) is 0 Å². The van der Waals surface area contributed by atoms with Crippen molar-refractivity contribution in [2.45, 2.75) is 31.8 Å². The van der Waals surface area contributed by atoms with E-state index in [0.717, 1.165) is 19.4 Å².